The molecule has 0 saturated heterocycles. The molecule has 1 atom stereocenters. The molecule has 8 nitrogen and oxygen atoms in total. The molecule has 3 heterocycles. The molecule has 0 aliphatic carbocycles. The lowest BCUT2D eigenvalue weighted by Gasteiger charge is -2.26. The van der Waals surface area contributed by atoms with Gasteiger partial charge in [-0.15, -0.1) is 0 Å². The number of hydrogen-bond donors (Lipinski definition) is 2. The van der Waals surface area contributed by atoms with Crippen molar-refractivity contribution < 1.29 is 9.72 Å². The Morgan fingerprint density at radius 2 is 2.03 bits per heavy atom. The van der Waals surface area contributed by atoms with Crippen molar-refractivity contribution >= 4 is 22.5 Å². The molecule has 0 spiro atoms. The summed E-state index contributed by atoms with van der Waals surface area (Å²) in [4.78, 5) is 29.0. The van der Waals surface area contributed by atoms with Crippen LogP contribution in [0.15, 0.2) is 54.7 Å². The molecule has 1 amide bonds. The highest BCUT2D eigenvalue weighted by molar-refractivity contribution is 5.98. The molecule has 0 bridgehead atoms. The van der Waals surface area contributed by atoms with Gasteiger partial charge in [0, 0.05) is 47.0 Å². The fourth-order valence-corrected chi connectivity index (χ4v) is 4.31. The van der Waals surface area contributed by atoms with E-state index in [4.69, 9.17) is 0 Å². The van der Waals surface area contributed by atoms with E-state index in [0.717, 1.165) is 27.7 Å². The fourth-order valence-electron chi connectivity index (χ4n) is 4.31. The number of nitro groups is 1. The smallest absolute Gasteiger partial charge is 0.275 e. The number of nitrogens with zero attached hydrogens (tertiary/aromatic N) is 3. The zero-order valence-corrected chi connectivity index (χ0v) is 16.3. The first-order valence-corrected chi connectivity index (χ1v) is 9.70. The molecule has 1 aliphatic heterocycles. The molecule has 4 aromatic rings. The van der Waals surface area contributed by atoms with E-state index in [2.05, 4.69) is 21.2 Å². The van der Waals surface area contributed by atoms with Crippen LogP contribution >= 0.6 is 0 Å². The van der Waals surface area contributed by atoms with E-state index in [9.17, 15) is 14.9 Å². The predicted octanol–water partition coefficient (Wildman–Crippen LogP) is 3.90. The van der Waals surface area contributed by atoms with Crippen LogP contribution < -0.4 is 0 Å². The van der Waals surface area contributed by atoms with Crippen LogP contribution in [-0.4, -0.2) is 37.5 Å². The van der Waals surface area contributed by atoms with E-state index in [1.807, 2.05) is 37.4 Å². The van der Waals surface area contributed by atoms with Crippen molar-refractivity contribution in [2.45, 2.75) is 19.4 Å². The summed E-state index contributed by atoms with van der Waals surface area (Å²) in [6.45, 7) is 2.34. The molecule has 150 valence electrons. The minimum absolute atomic E-state index is 0.00567. The Kier molecular flexibility index (Phi) is 4.13. The van der Waals surface area contributed by atoms with Gasteiger partial charge in [-0.05, 0) is 30.5 Å². The van der Waals surface area contributed by atoms with Gasteiger partial charge < -0.3 is 9.88 Å². The molecule has 8 heteroatoms. The van der Waals surface area contributed by atoms with Crippen molar-refractivity contribution in [2.75, 3.05) is 6.54 Å². The van der Waals surface area contributed by atoms with Gasteiger partial charge in [0.15, 0.2) is 5.69 Å². The van der Waals surface area contributed by atoms with Crippen molar-refractivity contribution in [2.24, 2.45) is 0 Å². The minimum atomic E-state index is -0.417. The predicted molar refractivity (Wildman–Crippen MR) is 111 cm³/mol. The summed E-state index contributed by atoms with van der Waals surface area (Å²) in [7, 11) is 0. The highest BCUT2D eigenvalue weighted by Crippen LogP contribution is 2.40. The number of hydrogen-bond acceptors (Lipinski definition) is 4. The van der Waals surface area contributed by atoms with Gasteiger partial charge in [0.2, 0.25) is 0 Å². The Balaban J connectivity index is 1.52. The summed E-state index contributed by atoms with van der Waals surface area (Å²) in [5.41, 5.74) is 4.87. The Morgan fingerprint density at radius 1 is 1.20 bits per heavy atom. The van der Waals surface area contributed by atoms with E-state index < -0.39 is 11.0 Å². The van der Waals surface area contributed by atoms with Gasteiger partial charge in [-0.2, -0.15) is 5.10 Å². The molecule has 1 aliphatic rings. The topological polar surface area (TPSA) is 108 Å². The molecule has 0 radical (unpaired) electrons. The third kappa shape index (κ3) is 2.76. The molecule has 2 N–H and O–H groups in total. The maximum atomic E-state index is 13.1. The maximum absolute atomic E-state index is 13.1. The van der Waals surface area contributed by atoms with Crippen molar-refractivity contribution in [3.8, 4) is 0 Å². The van der Waals surface area contributed by atoms with Gasteiger partial charge in [0.05, 0.1) is 11.0 Å². The first-order valence-electron chi connectivity index (χ1n) is 9.70. The average Bonchev–Trinajstić information content (AvgIpc) is 3.41. The van der Waals surface area contributed by atoms with E-state index in [1.165, 1.54) is 12.1 Å². The molecule has 5 rings (SSSR count). The highest BCUT2D eigenvalue weighted by atomic mass is 16.6. The van der Waals surface area contributed by atoms with Gasteiger partial charge in [0.25, 0.3) is 11.6 Å². The zero-order valence-electron chi connectivity index (χ0n) is 16.3. The number of aromatic amines is 2. The number of H-pyrrole nitrogens is 2. The summed E-state index contributed by atoms with van der Waals surface area (Å²) < 4.78 is 0. The number of carbonyl (C=O) groups is 1. The third-order valence-corrected chi connectivity index (χ3v) is 5.74. The number of para-hydroxylation sites is 1. The molecule has 0 fully saturated rings. The lowest BCUT2D eigenvalue weighted by molar-refractivity contribution is -0.384. The molecule has 2 aromatic carbocycles. The molecule has 0 unspecified atom stereocenters. The SMILES string of the molecule is Cc1[nH]nc2c1[C@H](c1cccc([N+](=O)[O-])c1)N(CCc1c[nH]c3ccccc13)C2=O. The number of rotatable bonds is 5. The van der Waals surface area contributed by atoms with Crippen LogP contribution in [-0.2, 0) is 6.42 Å². The summed E-state index contributed by atoms with van der Waals surface area (Å²) in [6.07, 6.45) is 2.63. The number of nitrogens with one attached hydrogen (secondary N) is 2. The van der Waals surface area contributed by atoms with Crippen molar-refractivity contribution in [1.29, 1.82) is 0 Å². The van der Waals surface area contributed by atoms with E-state index in [0.29, 0.717) is 24.2 Å². The van der Waals surface area contributed by atoms with Gasteiger partial charge in [-0.25, -0.2) is 0 Å². The third-order valence-electron chi connectivity index (χ3n) is 5.74. The maximum Gasteiger partial charge on any atom is 0.275 e. The van der Waals surface area contributed by atoms with Gasteiger partial charge >= 0.3 is 0 Å². The number of fused-ring (bicyclic) bond motifs is 2. The molecule has 30 heavy (non-hydrogen) atoms. The number of nitro benzene ring substituents is 1. The largest absolute Gasteiger partial charge is 0.361 e. The molecule has 0 saturated carbocycles. The van der Waals surface area contributed by atoms with Crippen LogP contribution in [0.25, 0.3) is 10.9 Å². The minimum Gasteiger partial charge on any atom is -0.361 e. The monoisotopic (exact) mass is 401 g/mol. The number of amides is 1. The summed E-state index contributed by atoms with van der Waals surface area (Å²) in [5.74, 6) is -0.161. The van der Waals surface area contributed by atoms with Crippen molar-refractivity contribution in [3.63, 3.8) is 0 Å². The number of carbonyl (C=O) groups excluding carboxylic acids is 1. The normalized spacial score (nSPS) is 15.7. The number of aromatic nitrogens is 3. The molecule has 2 aromatic heterocycles. The van der Waals surface area contributed by atoms with Gasteiger partial charge in [-0.3, -0.25) is 20.0 Å². The lowest BCUT2D eigenvalue weighted by Crippen LogP contribution is -2.31. The van der Waals surface area contributed by atoms with Crippen LogP contribution in [0.5, 0.6) is 0 Å². The second-order valence-electron chi connectivity index (χ2n) is 7.47. The quantitative estimate of drug-likeness (QED) is 0.391. The van der Waals surface area contributed by atoms with E-state index in [-0.39, 0.29) is 11.6 Å². The standard InChI is InChI=1S/C22H19N5O3/c1-13-19-20(25-24-13)22(28)26(21(19)14-5-4-6-16(11-14)27(29)30)10-9-15-12-23-18-8-3-2-7-17(15)18/h2-8,11-12,21,23H,9-10H2,1H3,(H,24,25)/t21-/m0/s1. The van der Waals surface area contributed by atoms with Crippen LogP contribution in [0.2, 0.25) is 0 Å². The Bertz CT molecular complexity index is 1290. The Morgan fingerprint density at radius 3 is 2.87 bits per heavy atom. The first kappa shape index (κ1) is 18.1. The molecular weight excluding hydrogens is 382 g/mol. The fraction of sp³-hybridized carbons (Fsp3) is 0.182. The van der Waals surface area contributed by atoms with Gasteiger partial charge in [-0.1, -0.05) is 30.3 Å². The number of non-ortho nitro benzene ring substituents is 1. The number of benzene rings is 2. The summed E-state index contributed by atoms with van der Waals surface area (Å²) >= 11 is 0. The van der Waals surface area contributed by atoms with Crippen molar-refractivity contribution in [3.05, 3.63) is 92.9 Å². The van der Waals surface area contributed by atoms with Crippen LogP contribution in [0, 0.1) is 17.0 Å². The Labute approximate surface area is 171 Å². The van der Waals surface area contributed by atoms with E-state index in [1.54, 1.807) is 11.0 Å². The highest BCUT2D eigenvalue weighted by Gasteiger charge is 2.41. The molecular formula is C22H19N5O3. The second-order valence-corrected chi connectivity index (χ2v) is 7.47. The second kappa shape index (κ2) is 6.84. The number of aryl methyl sites for hydroxylation is 1. The first-order chi connectivity index (χ1) is 14.5. The van der Waals surface area contributed by atoms with Crippen molar-refractivity contribution in [1.82, 2.24) is 20.1 Å². The lowest BCUT2D eigenvalue weighted by atomic mass is 9.98. The summed E-state index contributed by atoms with van der Waals surface area (Å²) in [5, 5.41) is 19.5. The van der Waals surface area contributed by atoms with E-state index >= 15 is 0 Å². The van der Waals surface area contributed by atoms with Gasteiger partial charge in [0.1, 0.15) is 0 Å². The Hall–Kier alpha value is -3.94. The average molecular weight is 401 g/mol. The van der Waals surface area contributed by atoms with Crippen LogP contribution in [0.4, 0.5) is 5.69 Å². The van der Waals surface area contributed by atoms with Crippen LogP contribution in [0.1, 0.15) is 38.9 Å². The van der Waals surface area contributed by atoms with Crippen LogP contribution in [0.3, 0.4) is 0 Å². The zero-order chi connectivity index (χ0) is 20.8. The summed E-state index contributed by atoms with van der Waals surface area (Å²) in [6, 6.07) is 14.1.